The Hall–Kier alpha value is -3.06. The molecule has 0 atom stereocenters. The number of thiophene rings is 1. The smallest absolute Gasteiger partial charge is 0.225 e. The Labute approximate surface area is 173 Å². The highest BCUT2D eigenvalue weighted by Crippen LogP contribution is 2.31. The number of piperazine rings is 1. The molecule has 0 unspecified atom stereocenters. The zero-order chi connectivity index (χ0) is 19.6. The van der Waals surface area contributed by atoms with Gasteiger partial charge in [0.1, 0.15) is 16.5 Å². The molecule has 1 aliphatic rings. The molecule has 1 aromatic carbocycles. The lowest BCUT2D eigenvalue weighted by atomic mass is 10.1. The van der Waals surface area contributed by atoms with Crippen LogP contribution in [0.1, 0.15) is 16.3 Å². The fourth-order valence-corrected chi connectivity index (χ4v) is 4.63. The van der Waals surface area contributed by atoms with Crippen molar-refractivity contribution in [1.29, 1.82) is 0 Å². The molecule has 3 aromatic heterocycles. The zero-order valence-corrected chi connectivity index (χ0v) is 17.1. The molecule has 7 heteroatoms. The first-order valence-corrected chi connectivity index (χ1v) is 10.7. The standard InChI is InChI=1S/C22H22N6S/c1-16-14-18-20(27-10-12-28(13-11-27)22-23-8-5-9-24-22)25-19(26-21(18)29-16)15-17-6-3-2-4-7-17/h2-9,14H,10-13,15H2,1H3. The van der Waals surface area contributed by atoms with Crippen LogP contribution in [0.25, 0.3) is 10.2 Å². The highest BCUT2D eigenvalue weighted by atomic mass is 32.1. The third kappa shape index (κ3) is 3.78. The molecule has 0 N–H and O–H groups in total. The Kier molecular flexibility index (Phi) is 4.81. The SMILES string of the molecule is Cc1cc2c(N3CCN(c4ncccn4)CC3)nc(Cc3ccccc3)nc2s1. The van der Waals surface area contributed by atoms with Crippen LogP contribution < -0.4 is 9.80 Å². The van der Waals surface area contributed by atoms with Gasteiger partial charge in [0.2, 0.25) is 5.95 Å². The van der Waals surface area contributed by atoms with E-state index in [9.17, 15) is 0 Å². The molecule has 1 saturated heterocycles. The van der Waals surface area contributed by atoms with Crippen LogP contribution in [0.2, 0.25) is 0 Å². The van der Waals surface area contributed by atoms with Gasteiger partial charge in [0.15, 0.2) is 0 Å². The molecule has 1 aliphatic heterocycles. The van der Waals surface area contributed by atoms with Gasteiger partial charge in [-0.25, -0.2) is 19.9 Å². The minimum atomic E-state index is 0.749. The van der Waals surface area contributed by atoms with Crippen molar-refractivity contribution in [1.82, 2.24) is 19.9 Å². The summed E-state index contributed by atoms with van der Waals surface area (Å²) in [7, 11) is 0. The normalized spacial score (nSPS) is 14.5. The van der Waals surface area contributed by atoms with Gasteiger partial charge >= 0.3 is 0 Å². The van der Waals surface area contributed by atoms with E-state index in [0.29, 0.717) is 0 Å². The Balaban J connectivity index is 1.43. The quantitative estimate of drug-likeness (QED) is 0.519. The van der Waals surface area contributed by atoms with Crippen molar-refractivity contribution in [3.05, 3.63) is 71.1 Å². The first kappa shape index (κ1) is 18.0. The summed E-state index contributed by atoms with van der Waals surface area (Å²) < 4.78 is 0. The fourth-order valence-electron chi connectivity index (χ4n) is 3.74. The summed E-state index contributed by atoms with van der Waals surface area (Å²) in [4.78, 5) is 25.6. The molecule has 1 fully saturated rings. The lowest BCUT2D eigenvalue weighted by molar-refractivity contribution is 0.635. The second kappa shape index (κ2) is 7.75. The van der Waals surface area contributed by atoms with E-state index in [-0.39, 0.29) is 0 Å². The highest BCUT2D eigenvalue weighted by molar-refractivity contribution is 7.18. The fraction of sp³-hybridized carbons (Fsp3) is 0.273. The van der Waals surface area contributed by atoms with E-state index in [1.165, 1.54) is 10.4 Å². The van der Waals surface area contributed by atoms with Gasteiger partial charge in [0.05, 0.1) is 5.39 Å². The third-order valence-corrected chi connectivity index (χ3v) is 6.11. The molecular formula is C22H22N6S. The first-order chi connectivity index (χ1) is 14.3. The van der Waals surface area contributed by atoms with Crippen LogP contribution in [0, 0.1) is 6.92 Å². The summed E-state index contributed by atoms with van der Waals surface area (Å²) in [5.74, 6) is 2.74. The number of aryl methyl sites for hydroxylation is 1. The second-order valence-electron chi connectivity index (χ2n) is 7.22. The molecule has 0 aliphatic carbocycles. The maximum Gasteiger partial charge on any atom is 0.225 e. The Morgan fingerprint density at radius 3 is 2.38 bits per heavy atom. The van der Waals surface area contributed by atoms with Crippen LogP contribution in [0.3, 0.4) is 0 Å². The van der Waals surface area contributed by atoms with Crippen LogP contribution >= 0.6 is 11.3 Å². The number of anilines is 2. The van der Waals surface area contributed by atoms with E-state index in [1.807, 2.05) is 12.1 Å². The molecule has 0 bridgehead atoms. The summed E-state index contributed by atoms with van der Waals surface area (Å²) in [5, 5.41) is 1.16. The van der Waals surface area contributed by atoms with Gasteiger partial charge < -0.3 is 9.80 Å². The number of fused-ring (bicyclic) bond motifs is 1. The van der Waals surface area contributed by atoms with Gasteiger partial charge in [-0.15, -0.1) is 11.3 Å². The minimum Gasteiger partial charge on any atom is -0.352 e. The lowest BCUT2D eigenvalue weighted by Crippen LogP contribution is -2.47. The van der Waals surface area contributed by atoms with Gasteiger partial charge in [-0.05, 0) is 24.6 Å². The molecule has 0 amide bonds. The summed E-state index contributed by atoms with van der Waals surface area (Å²) in [5.41, 5.74) is 1.23. The van der Waals surface area contributed by atoms with E-state index in [4.69, 9.17) is 9.97 Å². The molecular weight excluding hydrogens is 380 g/mol. The molecule has 4 heterocycles. The van der Waals surface area contributed by atoms with Crippen molar-refractivity contribution in [2.24, 2.45) is 0 Å². The van der Waals surface area contributed by atoms with Gasteiger partial charge in [-0.2, -0.15) is 0 Å². The molecule has 0 radical (unpaired) electrons. The molecule has 29 heavy (non-hydrogen) atoms. The first-order valence-electron chi connectivity index (χ1n) is 9.84. The van der Waals surface area contributed by atoms with Gasteiger partial charge in [0.25, 0.3) is 0 Å². The number of nitrogens with zero attached hydrogens (tertiary/aromatic N) is 6. The van der Waals surface area contributed by atoms with Crippen molar-refractivity contribution in [3.8, 4) is 0 Å². The maximum atomic E-state index is 5.00. The van der Waals surface area contributed by atoms with Gasteiger partial charge in [0, 0.05) is 49.9 Å². The van der Waals surface area contributed by atoms with Crippen LogP contribution in [0.5, 0.6) is 0 Å². The van der Waals surface area contributed by atoms with Crippen LogP contribution in [-0.4, -0.2) is 46.1 Å². The highest BCUT2D eigenvalue weighted by Gasteiger charge is 2.23. The largest absolute Gasteiger partial charge is 0.352 e. The molecule has 6 nitrogen and oxygen atoms in total. The van der Waals surface area contributed by atoms with Crippen molar-refractivity contribution >= 4 is 33.3 Å². The Bertz CT molecular complexity index is 1100. The van der Waals surface area contributed by atoms with E-state index in [2.05, 4.69) is 57.0 Å². The topological polar surface area (TPSA) is 58.0 Å². The molecule has 0 spiro atoms. The Morgan fingerprint density at radius 1 is 0.897 bits per heavy atom. The lowest BCUT2D eigenvalue weighted by Gasteiger charge is -2.35. The number of benzene rings is 1. The van der Waals surface area contributed by atoms with E-state index in [0.717, 1.165) is 60.4 Å². The van der Waals surface area contributed by atoms with Crippen molar-refractivity contribution < 1.29 is 0 Å². The number of hydrogen-bond acceptors (Lipinski definition) is 7. The van der Waals surface area contributed by atoms with Crippen LogP contribution in [-0.2, 0) is 6.42 Å². The van der Waals surface area contributed by atoms with Crippen molar-refractivity contribution in [2.45, 2.75) is 13.3 Å². The van der Waals surface area contributed by atoms with E-state index >= 15 is 0 Å². The van der Waals surface area contributed by atoms with Crippen molar-refractivity contribution in [3.63, 3.8) is 0 Å². The molecule has 5 rings (SSSR count). The average molecular weight is 403 g/mol. The second-order valence-corrected chi connectivity index (χ2v) is 8.46. The van der Waals surface area contributed by atoms with Gasteiger partial charge in [-0.1, -0.05) is 30.3 Å². The predicted molar refractivity (Wildman–Crippen MR) is 118 cm³/mol. The summed E-state index contributed by atoms with van der Waals surface area (Å²) in [6.45, 7) is 5.69. The molecule has 146 valence electrons. The molecule has 0 saturated carbocycles. The summed E-state index contributed by atoms with van der Waals surface area (Å²) in [6, 6.07) is 14.5. The monoisotopic (exact) mass is 402 g/mol. The maximum absolute atomic E-state index is 5.00. The van der Waals surface area contributed by atoms with Crippen LogP contribution in [0.4, 0.5) is 11.8 Å². The minimum absolute atomic E-state index is 0.749. The number of hydrogen-bond donors (Lipinski definition) is 0. The van der Waals surface area contributed by atoms with Gasteiger partial charge in [-0.3, -0.25) is 0 Å². The van der Waals surface area contributed by atoms with E-state index < -0.39 is 0 Å². The molecule has 4 aromatic rings. The predicted octanol–water partition coefficient (Wildman–Crippen LogP) is 3.71. The number of rotatable bonds is 4. The van der Waals surface area contributed by atoms with Crippen LogP contribution in [0.15, 0.2) is 54.9 Å². The average Bonchev–Trinajstić information content (AvgIpc) is 3.15. The summed E-state index contributed by atoms with van der Waals surface area (Å²) in [6.07, 6.45) is 4.35. The number of aromatic nitrogens is 4. The van der Waals surface area contributed by atoms with E-state index in [1.54, 1.807) is 23.7 Å². The Morgan fingerprint density at radius 2 is 1.62 bits per heavy atom. The summed E-state index contributed by atoms with van der Waals surface area (Å²) >= 11 is 1.74. The van der Waals surface area contributed by atoms with Crippen molar-refractivity contribution in [2.75, 3.05) is 36.0 Å². The zero-order valence-electron chi connectivity index (χ0n) is 16.3. The third-order valence-electron chi connectivity index (χ3n) is 5.16.